The molecular formula is C26H25N3O6. The topological polar surface area (TPSA) is 131 Å². The predicted molar refractivity (Wildman–Crippen MR) is 125 cm³/mol. The fourth-order valence-electron chi connectivity index (χ4n) is 5.05. The van der Waals surface area contributed by atoms with Crippen molar-refractivity contribution in [3.8, 4) is 11.1 Å². The Balaban J connectivity index is 1.23. The van der Waals surface area contributed by atoms with Crippen molar-refractivity contribution in [1.29, 1.82) is 0 Å². The lowest BCUT2D eigenvalue weighted by Gasteiger charge is -2.28. The van der Waals surface area contributed by atoms with Crippen LogP contribution in [0.2, 0.25) is 0 Å². The summed E-state index contributed by atoms with van der Waals surface area (Å²) >= 11 is 0. The molecule has 0 spiro atoms. The molecule has 9 heteroatoms. The summed E-state index contributed by atoms with van der Waals surface area (Å²) in [5.74, 6) is -1.44. The van der Waals surface area contributed by atoms with Crippen LogP contribution < -0.4 is 10.6 Å². The molecule has 0 atom stereocenters. The Labute approximate surface area is 201 Å². The Kier molecular flexibility index (Phi) is 5.98. The maximum Gasteiger partial charge on any atom is 0.408 e. The van der Waals surface area contributed by atoms with Gasteiger partial charge in [-0.3, -0.25) is 4.79 Å². The molecule has 2 aliphatic carbocycles. The third kappa shape index (κ3) is 4.37. The molecule has 1 aromatic heterocycles. The molecule has 2 amide bonds. The minimum Gasteiger partial charge on any atom is -0.476 e. The van der Waals surface area contributed by atoms with Crippen molar-refractivity contribution in [3.05, 3.63) is 77.2 Å². The van der Waals surface area contributed by atoms with E-state index in [1.54, 1.807) is 0 Å². The van der Waals surface area contributed by atoms with Gasteiger partial charge in [0, 0.05) is 12.0 Å². The Bertz CT molecular complexity index is 1230. The van der Waals surface area contributed by atoms with E-state index in [4.69, 9.17) is 14.4 Å². The summed E-state index contributed by atoms with van der Waals surface area (Å²) in [7, 11) is 0. The largest absolute Gasteiger partial charge is 0.476 e. The third-order valence-electron chi connectivity index (χ3n) is 6.78. The Morgan fingerprint density at radius 2 is 1.66 bits per heavy atom. The number of ether oxygens (including phenoxy) is 1. The standard InChI is InChI=1S/C26H25N3O6/c30-23(31)22-13-16(35-29-22)14-27-24(32)26(11-5-6-12-26)28-25(33)34-15-21-19-9-3-1-7-17(19)18-8-2-4-10-20(18)21/h1-4,7-10,13,21H,5-6,11-12,14-15H2,(H,27,32)(H,28,33)(H,30,31). The molecule has 1 fully saturated rings. The summed E-state index contributed by atoms with van der Waals surface area (Å²) in [4.78, 5) is 36.8. The number of carboxylic acid groups (broad SMARTS) is 1. The highest BCUT2D eigenvalue weighted by Gasteiger charge is 2.43. The van der Waals surface area contributed by atoms with Crippen LogP contribution in [0, 0.1) is 0 Å². The summed E-state index contributed by atoms with van der Waals surface area (Å²) in [5.41, 5.74) is 3.19. The Morgan fingerprint density at radius 1 is 1.03 bits per heavy atom. The van der Waals surface area contributed by atoms with Crippen LogP contribution in [0.3, 0.4) is 0 Å². The zero-order valence-electron chi connectivity index (χ0n) is 19.0. The van der Waals surface area contributed by atoms with Crippen LogP contribution in [0.1, 0.15) is 59.0 Å². The van der Waals surface area contributed by atoms with Crippen LogP contribution >= 0.6 is 0 Å². The molecule has 180 valence electrons. The highest BCUT2D eigenvalue weighted by Crippen LogP contribution is 2.44. The van der Waals surface area contributed by atoms with E-state index in [1.165, 1.54) is 6.07 Å². The van der Waals surface area contributed by atoms with Crippen LogP contribution in [0.25, 0.3) is 11.1 Å². The van der Waals surface area contributed by atoms with Crippen molar-refractivity contribution in [2.75, 3.05) is 6.61 Å². The molecule has 0 radical (unpaired) electrons. The number of aromatic carboxylic acids is 1. The van der Waals surface area contributed by atoms with Crippen LogP contribution in [-0.4, -0.2) is 40.4 Å². The van der Waals surface area contributed by atoms with E-state index in [0.717, 1.165) is 35.1 Å². The lowest BCUT2D eigenvalue weighted by atomic mass is 9.96. The first kappa shape index (κ1) is 22.6. The molecular weight excluding hydrogens is 450 g/mol. The van der Waals surface area contributed by atoms with Gasteiger partial charge in [-0.15, -0.1) is 0 Å². The molecule has 2 aromatic carbocycles. The van der Waals surface area contributed by atoms with E-state index >= 15 is 0 Å². The molecule has 0 unspecified atom stereocenters. The minimum atomic E-state index is -1.21. The summed E-state index contributed by atoms with van der Waals surface area (Å²) in [6.45, 7) is 0.126. The van der Waals surface area contributed by atoms with Gasteiger partial charge in [0.05, 0.1) is 6.54 Å². The highest BCUT2D eigenvalue weighted by molar-refractivity contribution is 5.90. The van der Waals surface area contributed by atoms with E-state index in [0.29, 0.717) is 12.8 Å². The molecule has 0 aliphatic heterocycles. The number of benzene rings is 2. The molecule has 2 aliphatic rings. The molecule has 0 bridgehead atoms. The van der Waals surface area contributed by atoms with E-state index in [-0.39, 0.29) is 36.4 Å². The minimum absolute atomic E-state index is 0.0345. The number of carbonyl (C=O) groups is 3. The fraction of sp³-hybridized carbons (Fsp3) is 0.308. The molecule has 5 rings (SSSR count). The first-order valence-electron chi connectivity index (χ1n) is 11.6. The van der Waals surface area contributed by atoms with Crippen LogP contribution in [-0.2, 0) is 16.1 Å². The Hall–Kier alpha value is -4.14. The number of fused-ring (bicyclic) bond motifs is 3. The fourth-order valence-corrected chi connectivity index (χ4v) is 5.05. The normalized spacial score (nSPS) is 15.8. The lowest BCUT2D eigenvalue weighted by molar-refractivity contribution is -0.127. The summed E-state index contributed by atoms with van der Waals surface area (Å²) in [6, 6.07) is 17.4. The highest BCUT2D eigenvalue weighted by atomic mass is 16.5. The first-order valence-corrected chi connectivity index (χ1v) is 11.6. The molecule has 0 saturated heterocycles. The summed E-state index contributed by atoms with van der Waals surface area (Å²) < 4.78 is 10.6. The number of carbonyl (C=O) groups excluding carboxylic acids is 2. The van der Waals surface area contributed by atoms with Crippen molar-refractivity contribution in [3.63, 3.8) is 0 Å². The predicted octanol–water partition coefficient (Wildman–Crippen LogP) is 3.84. The molecule has 1 saturated carbocycles. The second-order valence-electron chi connectivity index (χ2n) is 8.91. The quantitative estimate of drug-likeness (QED) is 0.473. The first-order chi connectivity index (χ1) is 17.0. The number of hydrogen-bond donors (Lipinski definition) is 3. The smallest absolute Gasteiger partial charge is 0.408 e. The van der Waals surface area contributed by atoms with Gasteiger partial charge in [0.2, 0.25) is 5.91 Å². The average Bonchev–Trinajstić information content (AvgIpc) is 3.60. The van der Waals surface area contributed by atoms with E-state index in [9.17, 15) is 14.4 Å². The van der Waals surface area contributed by atoms with Gasteiger partial charge in [0.1, 0.15) is 12.1 Å². The van der Waals surface area contributed by atoms with E-state index in [1.807, 2.05) is 36.4 Å². The summed E-state index contributed by atoms with van der Waals surface area (Å²) in [5, 5.41) is 17.9. The Morgan fingerprint density at radius 3 is 2.26 bits per heavy atom. The number of amides is 2. The molecule has 9 nitrogen and oxygen atoms in total. The molecule has 35 heavy (non-hydrogen) atoms. The van der Waals surface area contributed by atoms with Crippen LogP contribution in [0.4, 0.5) is 4.79 Å². The molecule has 3 N–H and O–H groups in total. The van der Waals surface area contributed by atoms with Gasteiger partial charge in [-0.1, -0.05) is 66.5 Å². The second-order valence-corrected chi connectivity index (χ2v) is 8.91. The van der Waals surface area contributed by atoms with Gasteiger partial charge < -0.3 is 25.0 Å². The van der Waals surface area contributed by atoms with Crippen molar-refractivity contribution in [2.45, 2.75) is 43.7 Å². The zero-order chi connectivity index (χ0) is 24.4. The summed E-state index contributed by atoms with van der Waals surface area (Å²) in [6.07, 6.45) is 1.92. The maximum atomic E-state index is 13.0. The third-order valence-corrected chi connectivity index (χ3v) is 6.78. The maximum absolute atomic E-state index is 13.0. The van der Waals surface area contributed by atoms with Crippen LogP contribution in [0.5, 0.6) is 0 Å². The van der Waals surface area contributed by atoms with E-state index < -0.39 is 17.6 Å². The number of alkyl carbamates (subject to hydrolysis) is 1. The average molecular weight is 476 g/mol. The number of rotatable bonds is 7. The van der Waals surface area contributed by atoms with Gasteiger partial charge in [0.15, 0.2) is 11.5 Å². The lowest BCUT2D eigenvalue weighted by Crippen LogP contribution is -2.57. The molecule has 1 heterocycles. The van der Waals surface area contributed by atoms with Crippen molar-refractivity contribution in [1.82, 2.24) is 15.8 Å². The zero-order valence-corrected chi connectivity index (χ0v) is 19.0. The SMILES string of the molecule is O=C(NC1(C(=O)NCc2cc(C(=O)O)no2)CCCC1)OCC1c2ccccc2-c2ccccc21. The monoisotopic (exact) mass is 475 g/mol. The number of aromatic nitrogens is 1. The van der Waals surface area contributed by atoms with Gasteiger partial charge in [-0.05, 0) is 35.1 Å². The van der Waals surface area contributed by atoms with E-state index in [2.05, 4.69) is 27.9 Å². The van der Waals surface area contributed by atoms with Crippen molar-refractivity contribution >= 4 is 18.0 Å². The van der Waals surface area contributed by atoms with Gasteiger partial charge in [-0.2, -0.15) is 0 Å². The van der Waals surface area contributed by atoms with Gasteiger partial charge >= 0.3 is 12.1 Å². The number of nitrogens with zero attached hydrogens (tertiary/aromatic N) is 1. The van der Waals surface area contributed by atoms with Gasteiger partial charge in [-0.25, -0.2) is 9.59 Å². The number of nitrogens with one attached hydrogen (secondary N) is 2. The number of carboxylic acids is 1. The molecule has 3 aromatic rings. The second kappa shape index (κ2) is 9.25. The van der Waals surface area contributed by atoms with Crippen LogP contribution in [0.15, 0.2) is 59.1 Å². The van der Waals surface area contributed by atoms with Gasteiger partial charge in [0.25, 0.3) is 0 Å². The van der Waals surface area contributed by atoms with Crippen molar-refractivity contribution < 1.29 is 28.8 Å². The number of hydrogen-bond acceptors (Lipinski definition) is 6. The van der Waals surface area contributed by atoms with Crippen molar-refractivity contribution in [2.24, 2.45) is 0 Å².